The van der Waals surface area contributed by atoms with Crippen molar-refractivity contribution in [2.45, 2.75) is 31.3 Å². The van der Waals surface area contributed by atoms with E-state index in [1.54, 1.807) is 17.0 Å². The third kappa shape index (κ3) is 3.83. The highest BCUT2D eigenvalue weighted by Gasteiger charge is 2.25. The van der Waals surface area contributed by atoms with E-state index in [0.29, 0.717) is 28.8 Å². The van der Waals surface area contributed by atoms with Crippen LogP contribution in [0.4, 0.5) is 21.8 Å². The number of aliphatic imine (C=N–C) groups is 1. The van der Waals surface area contributed by atoms with E-state index in [-0.39, 0.29) is 28.4 Å². The van der Waals surface area contributed by atoms with Crippen LogP contribution in [0.15, 0.2) is 40.2 Å². The number of nitriles is 1. The van der Waals surface area contributed by atoms with Gasteiger partial charge in [0.15, 0.2) is 15.5 Å². The Bertz CT molecular complexity index is 1740. The fourth-order valence-electron chi connectivity index (χ4n) is 4.14. The zero-order valence-electron chi connectivity index (χ0n) is 19.6. The van der Waals surface area contributed by atoms with Crippen molar-refractivity contribution in [1.82, 2.24) is 19.7 Å². The van der Waals surface area contributed by atoms with Gasteiger partial charge in [-0.05, 0) is 38.1 Å². The first-order chi connectivity index (χ1) is 17.1. The van der Waals surface area contributed by atoms with Crippen LogP contribution in [0, 0.1) is 17.1 Å². The summed E-state index contributed by atoms with van der Waals surface area (Å²) in [6.07, 6.45) is 2.73. The molecule has 3 N–H and O–H groups in total. The standard InChI is InChI=1S/C24H21FN8O2S/c1-12(2)33-23-20(21(32-33)15-6-4-13(9-26)16-10-28-11-17(15)16)22(27)30-24(31-23)29-19-7-5-14(8-18(19)25)36(3,34)35/h4-8,11-12H,10H2,1-3H3,(H3,27,29,30,31). The molecule has 0 amide bonds. The number of aromatic nitrogens is 4. The van der Waals surface area contributed by atoms with Crippen LogP contribution in [0.3, 0.4) is 0 Å². The Morgan fingerprint density at radius 2 is 2.00 bits per heavy atom. The van der Waals surface area contributed by atoms with Gasteiger partial charge in [0.05, 0.1) is 34.1 Å². The first-order valence-electron chi connectivity index (χ1n) is 11.0. The Balaban J connectivity index is 1.65. The fraction of sp³-hybridized carbons (Fsp3) is 0.208. The molecule has 0 aliphatic carbocycles. The zero-order valence-corrected chi connectivity index (χ0v) is 20.4. The number of hydrogen-bond donors (Lipinski definition) is 2. The van der Waals surface area contributed by atoms with E-state index in [2.05, 4.69) is 26.3 Å². The maximum Gasteiger partial charge on any atom is 0.231 e. The van der Waals surface area contributed by atoms with Crippen molar-refractivity contribution in [2.24, 2.45) is 4.99 Å². The van der Waals surface area contributed by atoms with Crippen LogP contribution in [0.5, 0.6) is 0 Å². The summed E-state index contributed by atoms with van der Waals surface area (Å²) in [5.74, 6) is -0.609. The van der Waals surface area contributed by atoms with Crippen molar-refractivity contribution in [1.29, 1.82) is 5.26 Å². The average Bonchev–Trinajstić information content (AvgIpc) is 3.45. The maximum atomic E-state index is 14.6. The van der Waals surface area contributed by atoms with Gasteiger partial charge in [-0.3, -0.25) is 4.99 Å². The molecule has 2 aromatic carbocycles. The summed E-state index contributed by atoms with van der Waals surface area (Å²) in [6, 6.07) is 9.19. The lowest BCUT2D eigenvalue weighted by Gasteiger charge is -2.10. The van der Waals surface area contributed by atoms with Gasteiger partial charge in [0.25, 0.3) is 0 Å². The molecule has 0 spiro atoms. The van der Waals surface area contributed by atoms with Crippen LogP contribution >= 0.6 is 0 Å². The van der Waals surface area contributed by atoms with Crippen molar-refractivity contribution in [3.05, 3.63) is 52.8 Å². The number of nitrogen functional groups attached to an aromatic ring is 1. The van der Waals surface area contributed by atoms with Gasteiger partial charge in [0.1, 0.15) is 17.3 Å². The molecule has 182 valence electrons. The fourth-order valence-corrected chi connectivity index (χ4v) is 4.77. The first-order valence-corrected chi connectivity index (χ1v) is 12.9. The number of halogens is 1. The van der Waals surface area contributed by atoms with Crippen LogP contribution in [-0.4, -0.2) is 40.6 Å². The third-order valence-corrected chi connectivity index (χ3v) is 7.00. The van der Waals surface area contributed by atoms with E-state index >= 15 is 0 Å². The van der Waals surface area contributed by atoms with Crippen molar-refractivity contribution in [3.63, 3.8) is 0 Å². The highest BCUT2D eigenvalue weighted by Crippen LogP contribution is 2.37. The monoisotopic (exact) mass is 504 g/mol. The molecular weight excluding hydrogens is 483 g/mol. The second-order valence-electron chi connectivity index (χ2n) is 8.69. The Morgan fingerprint density at radius 1 is 1.22 bits per heavy atom. The zero-order chi connectivity index (χ0) is 25.8. The van der Waals surface area contributed by atoms with Gasteiger partial charge in [-0.1, -0.05) is 6.07 Å². The van der Waals surface area contributed by atoms with Crippen LogP contribution in [0.1, 0.15) is 36.6 Å². The van der Waals surface area contributed by atoms with E-state index < -0.39 is 15.7 Å². The Kier molecular flexibility index (Phi) is 5.44. The summed E-state index contributed by atoms with van der Waals surface area (Å²) in [5.41, 5.74) is 10.3. The van der Waals surface area contributed by atoms with Gasteiger partial charge >= 0.3 is 0 Å². The molecule has 10 nitrogen and oxygen atoms in total. The van der Waals surface area contributed by atoms with Crippen LogP contribution in [-0.2, 0) is 16.4 Å². The molecule has 4 aromatic rings. The highest BCUT2D eigenvalue weighted by atomic mass is 32.2. The Hall–Kier alpha value is -4.37. The van der Waals surface area contributed by atoms with Crippen LogP contribution in [0.25, 0.3) is 22.3 Å². The van der Waals surface area contributed by atoms with Crippen molar-refractivity contribution in [2.75, 3.05) is 17.3 Å². The molecule has 0 unspecified atom stereocenters. The quantitative estimate of drug-likeness (QED) is 0.417. The summed E-state index contributed by atoms with van der Waals surface area (Å²) in [6.45, 7) is 4.30. The van der Waals surface area contributed by atoms with E-state index in [1.165, 1.54) is 12.1 Å². The topological polar surface area (TPSA) is 152 Å². The number of nitrogens with two attached hydrogens (primary N) is 1. The maximum absolute atomic E-state index is 14.6. The number of anilines is 3. The summed E-state index contributed by atoms with van der Waals surface area (Å²) in [4.78, 5) is 13.1. The molecule has 0 saturated carbocycles. The third-order valence-electron chi connectivity index (χ3n) is 5.89. The van der Waals surface area contributed by atoms with Gasteiger partial charge < -0.3 is 11.1 Å². The molecule has 0 fully saturated rings. The van der Waals surface area contributed by atoms with E-state index in [4.69, 9.17) is 10.8 Å². The number of rotatable bonds is 5. The summed E-state index contributed by atoms with van der Waals surface area (Å²) in [5, 5.41) is 17.5. The lowest BCUT2D eigenvalue weighted by Crippen LogP contribution is -2.07. The lowest BCUT2D eigenvalue weighted by molar-refractivity contribution is 0.548. The molecule has 1 aliphatic rings. The molecule has 3 heterocycles. The van der Waals surface area contributed by atoms with Gasteiger partial charge in [-0.2, -0.15) is 20.3 Å². The molecule has 36 heavy (non-hydrogen) atoms. The molecule has 1 aliphatic heterocycles. The van der Waals surface area contributed by atoms with Crippen LogP contribution in [0.2, 0.25) is 0 Å². The number of nitrogens with zero attached hydrogens (tertiary/aromatic N) is 6. The van der Waals surface area contributed by atoms with Gasteiger partial charge in [-0.15, -0.1) is 0 Å². The number of fused-ring (bicyclic) bond motifs is 2. The van der Waals surface area contributed by atoms with Gasteiger partial charge in [-0.25, -0.2) is 17.5 Å². The van der Waals surface area contributed by atoms with Crippen molar-refractivity contribution < 1.29 is 12.8 Å². The molecule has 2 aromatic heterocycles. The van der Waals surface area contributed by atoms with Crippen LogP contribution < -0.4 is 11.1 Å². The van der Waals surface area contributed by atoms with Crippen molar-refractivity contribution in [3.8, 4) is 17.3 Å². The van der Waals surface area contributed by atoms with Gasteiger partial charge in [0.2, 0.25) is 5.95 Å². The Morgan fingerprint density at radius 3 is 2.67 bits per heavy atom. The van der Waals surface area contributed by atoms with E-state index in [1.807, 2.05) is 19.9 Å². The summed E-state index contributed by atoms with van der Waals surface area (Å²) in [7, 11) is -3.56. The predicted molar refractivity (Wildman–Crippen MR) is 134 cm³/mol. The second-order valence-corrected chi connectivity index (χ2v) is 10.7. The normalized spacial score (nSPS) is 12.8. The SMILES string of the molecule is CC(C)n1nc(-c2ccc(C#N)c3c2C=NC3)c2c(N)nc(Nc3ccc(S(C)(=O)=O)cc3F)nc21. The lowest BCUT2D eigenvalue weighted by atomic mass is 9.96. The number of hydrogen-bond acceptors (Lipinski definition) is 9. The largest absolute Gasteiger partial charge is 0.383 e. The second kappa shape index (κ2) is 8.39. The molecule has 5 rings (SSSR count). The molecule has 0 atom stereocenters. The minimum Gasteiger partial charge on any atom is -0.383 e. The minimum absolute atomic E-state index is 0.00175. The average molecular weight is 505 g/mol. The number of benzene rings is 2. The highest BCUT2D eigenvalue weighted by molar-refractivity contribution is 7.90. The molecule has 0 saturated heterocycles. The molecular formula is C24H21FN8O2S. The molecule has 12 heteroatoms. The van der Waals surface area contributed by atoms with E-state index in [0.717, 1.165) is 29.0 Å². The van der Waals surface area contributed by atoms with Crippen molar-refractivity contribution >= 4 is 44.5 Å². The molecule has 0 bridgehead atoms. The summed E-state index contributed by atoms with van der Waals surface area (Å²) < 4.78 is 39.8. The first kappa shape index (κ1) is 23.4. The predicted octanol–water partition coefficient (Wildman–Crippen LogP) is 3.75. The smallest absolute Gasteiger partial charge is 0.231 e. The van der Waals surface area contributed by atoms with E-state index in [9.17, 15) is 18.1 Å². The molecule has 0 radical (unpaired) electrons. The Labute approximate surface area is 206 Å². The van der Waals surface area contributed by atoms with Gasteiger partial charge in [0, 0.05) is 35.2 Å². The minimum atomic E-state index is -3.56. The number of sulfone groups is 1. The number of nitrogens with one attached hydrogen (secondary N) is 1. The summed E-state index contributed by atoms with van der Waals surface area (Å²) >= 11 is 0.